The number of hydrogen-bond acceptors (Lipinski definition) is 1. The molecule has 1 atom stereocenters. The third kappa shape index (κ3) is 2.74. The summed E-state index contributed by atoms with van der Waals surface area (Å²) in [5.41, 5.74) is 0. The molecule has 0 radical (unpaired) electrons. The molecule has 1 fully saturated rings. The van der Waals surface area contributed by atoms with Crippen LogP contribution in [0.3, 0.4) is 0 Å². The van der Waals surface area contributed by atoms with Gasteiger partial charge in [0, 0.05) is 6.04 Å². The molecule has 0 saturated carbocycles. The average molecular weight is 255 g/mol. The van der Waals surface area contributed by atoms with Crippen LogP contribution >= 0.6 is 24.0 Å². The maximum atomic E-state index is 2.49. The molecule has 0 aromatic carbocycles. The number of halogens is 1. The van der Waals surface area contributed by atoms with Gasteiger partial charge in [-0.25, -0.2) is 0 Å². The molecule has 1 rings (SSSR count). The average Bonchev–Trinajstić information content (AvgIpc) is 1.89. The second-order valence-electron chi connectivity index (χ2n) is 3.04. The van der Waals surface area contributed by atoms with E-state index in [9.17, 15) is 0 Å². The molecule has 0 N–H and O–H groups in total. The van der Waals surface area contributed by atoms with Crippen molar-refractivity contribution in [2.45, 2.75) is 38.6 Å². The van der Waals surface area contributed by atoms with Crippen LogP contribution in [0.25, 0.3) is 0 Å². The molecule has 10 heavy (non-hydrogen) atoms. The molecule has 0 aromatic heterocycles. The molecule has 0 spiro atoms. The Balaban J connectivity index is 0.000000810. The predicted octanol–water partition coefficient (Wildman–Crippen LogP) is 2.50. The molecule has 1 unspecified atom stereocenters. The van der Waals surface area contributed by atoms with Gasteiger partial charge in [-0.15, -0.1) is 24.0 Å². The number of likely N-dealkylation sites (tertiary alicyclic amines) is 1. The molecular weight excluding hydrogens is 237 g/mol. The van der Waals surface area contributed by atoms with Crippen LogP contribution in [-0.4, -0.2) is 24.5 Å². The van der Waals surface area contributed by atoms with Gasteiger partial charge in [0.1, 0.15) is 0 Å². The maximum absolute atomic E-state index is 2.49. The molecule has 62 valence electrons. The normalized spacial score (nSPS) is 27.6. The number of piperidine rings is 1. The van der Waals surface area contributed by atoms with E-state index in [1.807, 2.05) is 0 Å². The lowest BCUT2D eigenvalue weighted by Crippen LogP contribution is -2.35. The van der Waals surface area contributed by atoms with E-state index in [-0.39, 0.29) is 24.0 Å². The summed E-state index contributed by atoms with van der Waals surface area (Å²) in [5, 5.41) is 0. The quantitative estimate of drug-likeness (QED) is 0.651. The Morgan fingerprint density at radius 3 is 2.50 bits per heavy atom. The van der Waals surface area contributed by atoms with E-state index >= 15 is 0 Å². The summed E-state index contributed by atoms with van der Waals surface area (Å²) < 4.78 is 0. The van der Waals surface area contributed by atoms with Crippen LogP contribution in [0.1, 0.15) is 32.6 Å². The molecule has 2 heteroatoms. The minimum atomic E-state index is 0. The largest absolute Gasteiger partial charge is 0.303 e. The van der Waals surface area contributed by atoms with E-state index in [4.69, 9.17) is 0 Å². The summed E-state index contributed by atoms with van der Waals surface area (Å²) in [4.78, 5) is 2.49. The van der Waals surface area contributed by atoms with E-state index in [0.29, 0.717) is 0 Å². The highest BCUT2D eigenvalue weighted by molar-refractivity contribution is 14.0. The van der Waals surface area contributed by atoms with Crippen LogP contribution in [-0.2, 0) is 0 Å². The SMILES string of the molecule is CCC1CCCCN1C.I. The van der Waals surface area contributed by atoms with Gasteiger partial charge >= 0.3 is 0 Å². The Kier molecular flexibility index (Phi) is 5.72. The molecule has 1 nitrogen and oxygen atoms in total. The summed E-state index contributed by atoms with van der Waals surface area (Å²) >= 11 is 0. The Morgan fingerprint density at radius 2 is 2.10 bits per heavy atom. The predicted molar refractivity (Wildman–Crippen MR) is 56.0 cm³/mol. The second kappa shape index (κ2) is 5.35. The third-order valence-electron chi connectivity index (χ3n) is 2.39. The van der Waals surface area contributed by atoms with Gasteiger partial charge in [0.25, 0.3) is 0 Å². The third-order valence-corrected chi connectivity index (χ3v) is 2.39. The van der Waals surface area contributed by atoms with Crippen LogP contribution in [0, 0.1) is 0 Å². The van der Waals surface area contributed by atoms with Crippen molar-refractivity contribution in [3.63, 3.8) is 0 Å². The monoisotopic (exact) mass is 255 g/mol. The summed E-state index contributed by atoms with van der Waals surface area (Å²) in [6, 6.07) is 0.888. The van der Waals surface area contributed by atoms with Crippen molar-refractivity contribution in [3.05, 3.63) is 0 Å². The molecule has 1 saturated heterocycles. The Hall–Kier alpha value is 0.690. The first-order chi connectivity index (χ1) is 4.34. The van der Waals surface area contributed by atoms with Gasteiger partial charge in [0.05, 0.1) is 0 Å². The first-order valence-electron chi connectivity index (χ1n) is 4.05. The minimum absolute atomic E-state index is 0. The topological polar surface area (TPSA) is 3.24 Å². The van der Waals surface area contributed by atoms with Crippen LogP contribution in [0.4, 0.5) is 0 Å². The highest BCUT2D eigenvalue weighted by Crippen LogP contribution is 2.16. The van der Waals surface area contributed by atoms with Crippen molar-refractivity contribution in [1.29, 1.82) is 0 Å². The van der Waals surface area contributed by atoms with Crippen molar-refractivity contribution in [1.82, 2.24) is 4.90 Å². The van der Waals surface area contributed by atoms with Gasteiger partial charge in [-0.2, -0.15) is 0 Å². The van der Waals surface area contributed by atoms with Gasteiger partial charge < -0.3 is 4.90 Å². The van der Waals surface area contributed by atoms with E-state index in [1.165, 1.54) is 32.2 Å². The molecule has 0 aliphatic carbocycles. The molecule has 0 bridgehead atoms. The summed E-state index contributed by atoms with van der Waals surface area (Å²) in [5.74, 6) is 0. The zero-order valence-electron chi connectivity index (χ0n) is 6.97. The van der Waals surface area contributed by atoms with E-state index in [1.54, 1.807) is 0 Å². The fourth-order valence-corrected chi connectivity index (χ4v) is 1.66. The second-order valence-corrected chi connectivity index (χ2v) is 3.04. The van der Waals surface area contributed by atoms with Crippen LogP contribution in [0.5, 0.6) is 0 Å². The Morgan fingerprint density at radius 1 is 1.40 bits per heavy atom. The molecular formula is C8H18IN. The van der Waals surface area contributed by atoms with Crippen LogP contribution < -0.4 is 0 Å². The number of rotatable bonds is 1. The lowest BCUT2D eigenvalue weighted by Gasteiger charge is -2.31. The highest BCUT2D eigenvalue weighted by atomic mass is 127. The summed E-state index contributed by atoms with van der Waals surface area (Å²) in [6.45, 7) is 3.60. The molecule has 1 heterocycles. The standard InChI is InChI=1S/C8H17N.HI/c1-3-8-6-4-5-7-9(8)2;/h8H,3-7H2,1-2H3;1H. The van der Waals surface area contributed by atoms with E-state index in [0.717, 1.165) is 6.04 Å². The zero-order valence-corrected chi connectivity index (χ0v) is 9.30. The van der Waals surface area contributed by atoms with Gasteiger partial charge in [-0.1, -0.05) is 13.3 Å². The minimum Gasteiger partial charge on any atom is -0.303 e. The molecule has 1 aliphatic heterocycles. The van der Waals surface area contributed by atoms with E-state index in [2.05, 4.69) is 18.9 Å². The van der Waals surface area contributed by atoms with Gasteiger partial charge in [-0.3, -0.25) is 0 Å². The molecule has 1 aliphatic rings. The highest BCUT2D eigenvalue weighted by Gasteiger charge is 2.15. The number of hydrogen-bond donors (Lipinski definition) is 0. The summed E-state index contributed by atoms with van der Waals surface area (Å²) in [6.07, 6.45) is 5.61. The maximum Gasteiger partial charge on any atom is 0.00895 e. The Bertz CT molecular complexity index is 85.3. The van der Waals surface area contributed by atoms with Crippen molar-refractivity contribution in [2.24, 2.45) is 0 Å². The molecule has 0 amide bonds. The van der Waals surface area contributed by atoms with E-state index < -0.39 is 0 Å². The zero-order chi connectivity index (χ0) is 6.69. The van der Waals surface area contributed by atoms with Gasteiger partial charge in [0.2, 0.25) is 0 Å². The smallest absolute Gasteiger partial charge is 0.00895 e. The fourth-order valence-electron chi connectivity index (χ4n) is 1.66. The van der Waals surface area contributed by atoms with Crippen LogP contribution in [0.15, 0.2) is 0 Å². The first-order valence-corrected chi connectivity index (χ1v) is 4.05. The van der Waals surface area contributed by atoms with Crippen molar-refractivity contribution < 1.29 is 0 Å². The lowest BCUT2D eigenvalue weighted by molar-refractivity contribution is 0.181. The fraction of sp³-hybridized carbons (Fsp3) is 1.00. The van der Waals surface area contributed by atoms with Crippen molar-refractivity contribution >= 4 is 24.0 Å². The van der Waals surface area contributed by atoms with Crippen molar-refractivity contribution in [3.8, 4) is 0 Å². The van der Waals surface area contributed by atoms with Gasteiger partial charge in [0.15, 0.2) is 0 Å². The van der Waals surface area contributed by atoms with Crippen molar-refractivity contribution in [2.75, 3.05) is 13.6 Å². The lowest BCUT2D eigenvalue weighted by atomic mass is 10.0. The summed E-state index contributed by atoms with van der Waals surface area (Å²) in [7, 11) is 2.24. The van der Waals surface area contributed by atoms with Crippen LogP contribution in [0.2, 0.25) is 0 Å². The van der Waals surface area contributed by atoms with Gasteiger partial charge in [-0.05, 0) is 32.9 Å². The molecule has 0 aromatic rings. The Labute approximate surface area is 81.2 Å². The first kappa shape index (κ1) is 10.7. The number of nitrogens with zero attached hydrogens (tertiary/aromatic N) is 1.